The van der Waals surface area contributed by atoms with Crippen molar-refractivity contribution in [3.8, 4) is 11.5 Å². The Kier molecular flexibility index (Phi) is 4.20. The van der Waals surface area contributed by atoms with Crippen LogP contribution in [-0.4, -0.2) is 10.9 Å². The summed E-state index contributed by atoms with van der Waals surface area (Å²) in [7, 11) is 0. The number of hydrogen-bond donors (Lipinski definition) is 1. The average molecular weight is 360 g/mol. The van der Waals surface area contributed by atoms with Crippen molar-refractivity contribution in [2.24, 2.45) is 0 Å². The first-order chi connectivity index (χ1) is 13.0. The largest absolute Gasteiger partial charge is 0.436 e. The van der Waals surface area contributed by atoms with Gasteiger partial charge in [-0.05, 0) is 73.5 Å². The molecule has 0 bridgehead atoms. The fraction of sp³-hybridized carbons (Fsp3) is 0.0909. The molecule has 0 saturated carbocycles. The predicted octanol–water partition coefficient (Wildman–Crippen LogP) is 5.50. The van der Waals surface area contributed by atoms with Crippen molar-refractivity contribution in [3.05, 3.63) is 83.2 Å². The molecule has 3 aromatic carbocycles. The number of rotatable bonds is 3. The maximum atomic E-state index is 13.0. The van der Waals surface area contributed by atoms with Crippen molar-refractivity contribution >= 4 is 22.7 Å². The van der Waals surface area contributed by atoms with Gasteiger partial charge in [0, 0.05) is 16.8 Å². The van der Waals surface area contributed by atoms with E-state index < -0.39 is 0 Å². The quantitative estimate of drug-likeness (QED) is 0.525. The Labute approximate surface area is 155 Å². The molecule has 0 aliphatic heterocycles. The summed E-state index contributed by atoms with van der Waals surface area (Å²) in [5.74, 6) is -0.176. The standard InChI is InChI=1S/C22H17FN2O2/c1-13-6-11-20-19(12-13)25-22(27-20)17-4-3-5-18(14(17)2)24-21(26)15-7-9-16(23)10-8-15/h3-12H,1-2H3,(H,24,26). The summed E-state index contributed by atoms with van der Waals surface area (Å²) < 4.78 is 18.9. The Morgan fingerprint density at radius 2 is 1.81 bits per heavy atom. The van der Waals surface area contributed by atoms with E-state index in [1.807, 2.05) is 50.2 Å². The van der Waals surface area contributed by atoms with Crippen LogP contribution in [0.5, 0.6) is 0 Å². The number of nitrogens with zero attached hydrogens (tertiary/aromatic N) is 1. The molecule has 4 nitrogen and oxygen atoms in total. The number of carbonyl (C=O) groups excluding carboxylic acids is 1. The highest BCUT2D eigenvalue weighted by atomic mass is 19.1. The zero-order chi connectivity index (χ0) is 19.0. The van der Waals surface area contributed by atoms with Gasteiger partial charge in [-0.15, -0.1) is 0 Å². The molecule has 0 unspecified atom stereocenters. The van der Waals surface area contributed by atoms with Crippen LogP contribution < -0.4 is 5.32 Å². The van der Waals surface area contributed by atoms with Crippen LogP contribution in [0.15, 0.2) is 65.1 Å². The van der Waals surface area contributed by atoms with E-state index in [-0.39, 0.29) is 11.7 Å². The number of carbonyl (C=O) groups is 1. The van der Waals surface area contributed by atoms with Crippen molar-refractivity contribution in [3.63, 3.8) is 0 Å². The van der Waals surface area contributed by atoms with E-state index in [4.69, 9.17) is 4.42 Å². The molecule has 27 heavy (non-hydrogen) atoms. The number of amides is 1. The van der Waals surface area contributed by atoms with Gasteiger partial charge in [0.2, 0.25) is 5.89 Å². The van der Waals surface area contributed by atoms with Gasteiger partial charge in [-0.3, -0.25) is 4.79 Å². The zero-order valence-corrected chi connectivity index (χ0v) is 14.9. The summed E-state index contributed by atoms with van der Waals surface area (Å²) >= 11 is 0. The first-order valence-corrected chi connectivity index (χ1v) is 8.55. The third kappa shape index (κ3) is 3.31. The normalized spacial score (nSPS) is 10.9. The number of anilines is 1. The summed E-state index contributed by atoms with van der Waals surface area (Å²) in [6.07, 6.45) is 0. The average Bonchev–Trinajstić information content (AvgIpc) is 3.06. The molecule has 0 aliphatic rings. The van der Waals surface area contributed by atoms with Crippen molar-refractivity contribution in [2.75, 3.05) is 5.32 Å². The van der Waals surface area contributed by atoms with E-state index in [9.17, 15) is 9.18 Å². The topological polar surface area (TPSA) is 55.1 Å². The molecule has 0 fully saturated rings. The van der Waals surface area contributed by atoms with E-state index in [0.29, 0.717) is 17.1 Å². The fourth-order valence-corrected chi connectivity index (χ4v) is 2.95. The first kappa shape index (κ1) is 17.0. The fourth-order valence-electron chi connectivity index (χ4n) is 2.95. The van der Waals surface area contributed by atoms with Crippen molar-refractivity contribution in [2.45, 2.75) is 13.8 Å². The van der Waals surface area contributed by atoms with Crippen LogP contribution in [-0.2, 0) is 0 Å². The second kappa shape index (κ2) is 6.68. The Morgan fingerprint density at radius 3 is 2.59 bits per heavy atom. The molecular formula is C22H17FN2O2. The summed E-state index contributed by atoms with van der Waals surface area (Å²) in [6, 6.07) is 16.8. The number of fused-ring (bicyclic) bond motifs is 1. The second-order valence-electron chi connectivity index (χ2n) is 6.43. The molecule has 1 aromatic heterocycles. The number of aromatic nitrogens is 1. The number of nitrogens with one attached hydrogen (secondary N) is 1. The van der Waals surface area contributed by atoms with Gasteiger partial charge in [-0.25, -0.2) is 9.37 Å². The van der Waals surface area contributed by atoms with Gasteiger partial charge in [0.15, 0.2) is 5.58 Å². The van der Waals surface area contributed by atoms with Crippen LogP contribution in [0.1, 0.15) is 21.5 Å². The Bertz CT molecular complexity index is 1150. The Morgan fingerprint density at radius 1 is 1.04 bits per heavy atom. The minimum Gasteiger partial charge on any atom is -0.436 e. The Hall–Kier alpha value is -3.47. The number of halogens is 1. The number of hydrogen-bond acceptors (Lipinski definition) is 3. The third-order valence-corrected chi connectivity index (χ3v) is 4.46. The maximum absolute atomic E-state index is 13.0. The Balaban J connectivity index is 1.67. The lowest BCUT2D eigenvalue weighted by Gasteiger charge is -2.11. The summed E-state index contributed by atoms with van der Waals surface area (Å²) in [5, 5.41) is 2.87. The summed E-state index contributed by atoms with van der Waals surface area (Å²) in [6.45, 7) is 3.90. The van der Waals surface area contributed by atoms with Crippen molar-refractivity contribution < 1.29 is 13.6 Å². The molecule has 0 saturated heterocycles. The van der Waals surface area contributed by atoms with Crippen LogP contribution >= 0.6 is 0 Å². The molecule has 0 radical (unpaired) electrons. The highest BCUT2D eigenvalue weighted by Crippen LogP contribution is 2.31. The molecule has 134 valence electrons. The minimum absolute atomic E-state index is 0.302. The van der Waals surface area contributed by atoms with Gasteiger partial charge < -0.3 is 9.73 Å². The van der Waals surface area contributed by atoms with Crippen LogP contribution in [0.25, 0.3) is 22.6 Å². The predicted molar refractivity (Wildman–Crippen MR) is 103 cm³/mol. The number of oxazole rings is 1. The molecule has 0 atom stereocenters. The highest BCUT2D eigenvalue weighted by molar-refractivity contribution is 6.05. The van der Waals surface area contributed by atoms with Gasteiger partial charge in [-0.2, -0.15) is 0 Å². The second-order valence-corrected chi connectivity index (χ2v) is 6.43. The SMILES string of the molecule is Cc1ccc2oc(-c3cccc(NC(=O)c4ccc(F)cc4)c3C)nc2c1. The van der Waals surface area contributed by atoms with E-state index in [1.165, 1.54) is 24.3 Å². The maximum Gasteiger partial charge on any atom is 0.255 e. The lowest BCUT2D eigenvalue weighted by Crippen LogP contribution is -2.13. The van der Waals surface area contributed by atoms with Gasteiger partial charge in [-0.1, -0.05) is 12.1 Å². The molecule has 1 heterocycles. The zero-order valence-electron chi connectivity index (χ0n) is 14.9. The summed E-state index contributed by atoms with van der Waals surface area (Å²) in [4.78, 5) is 17.0. The summed E-state index contributed by atoms with van der Waals surface area (Å²) in [5.41, 5.74) is 5.32. The van der Waals surface area contributed by atoms with Gasteiger partial charge in [0.25, 0.3) is 5.91 Å². The lowest BCUT2D eigenvalue weighted by atomic mass is 10.1. The van der Waals surface area contributed by atoms with Crippen molar-refractivity contribution in [1.29, 1.82) is 0 Å². The number of benzene rings is 3. The van der Waals surface area contributed by atoms with Gasteiger partial charge in [0.05, 0.1) is 0 Å². The van der Waals surface area contributed by atoms with E-state index in [2.05, 4.69) is 10.3 Å². The molecule has 4 aromatic rings. The monoisotopic (exact) mass is 360 g/mol. The molecule has 1 N–H and O–H groups in total. The van der Waals surface area contributed by atoms with Crippen LogP contribution in [0.3, 0.4) is 0 Å². The molecule has 5 heteroatoms. The highest BCUT2D eigenvalue weighted by Gasteiger charge is 2.15. The first-order valence-electron chi connectivity index (χ1n) is 8.55. The third-order valence-electron chi connectivity index (χ3n) is 4.46. The van der Waals surface area contributed by atoms with E-state index >= 15 is 0 Å². The number of aryl methyl sites for hydroxylation is 1. The van der Waals surface area contributed by atoms with Crippen LogP contribution in [0.4, 0.5) is 10.1 Å². The lowest BCUT2D eigenvalue weighted by molar-refractivity contribution is 0.102. The van der Waals surface area contributed by atoms with Crippen molar-refractivity contribution in [1.82, 2.24) is 4.98 Å². The molecular weight excluding hydrogens is 343 g/mol. The van der Waals surface area contributed by atoms with Crippen LogP contribution in [0.2, 0.25) is 0 Å². The van der Waals surface area contributed by atoms with E-state index in [1.54, 1.807) is 0 Å². The smallest absolute Gasteiger partial charge is 0.255 e. The van der Waals surface area contributed by atoms with Gasteiger partial charge >= 0.3 is 0 Å². The molecule has 1 amide bonds. The van der Waals surface area contributed by atoms with Gasteiger partial charge in [0.1, 0.15) is 11.3 Å². The van der Waals surface area contributed by atoms with Crippen LogP contribution in [0, 0.1) is 19.7 Å². The molecule has 4 rings (SSSR count). The molecule has 0 spiro atoms. The molecule has 0 aliphatic carbocycles. The minimum atomic E-state index is -0.379. The van der Waals surface area contributed by atoms with E-state index in [0.717, 1.165) is 27.8 Å².